The number of nitrogens with one attached hydrogen (secondary N) is 1. The van der Waals surface area contributed by atoms with Crippen LogP contribution in [0.15, 0.2) is 24.4 Å². The summed E-state index contributed by atoms with van der Waals surface area (Å²) in [4.78, 5) is 32.3. The maximum absolute atomic E-state index is 16.3. The number of aromatic nitrogens is 3. The van der Waals surface area contributed by atoms with Gasteiger partial charge in [0.1, 0.15) is 5.69 Å². The van der Waals surface area contributed by atoms with E-state index in [4.69, 9.17) is 9.31 Å². The molecule has 5 heterocycles. The first-order valence-corrected chi connectivity index (χ1v) is 13.9. The first-order valence-electron chi connectivity index (χ1n) is 13.9. The van der Waals surface area contributed by atoms with Crippen molar-refractivity contribution in [3.8, 4) is 0 Å². The van der Waals surface area contributed by atoms with Crippen LogP contribution in [0.25, 0.3) is 16.5 Å². The predicted molar refractivity (Wildman–Crippen MR) is 150 cm³/mol. The molecule has 3 aromatic rings. The lowest BCUT2D eigenvalue weighted by molar-refractivity contribution is -0.128. The topological polar surface area (TPSA) is 92.7 Å². The molecule has 1 aromatic carbocycles. The number of fused-ring (bicyclic) bond motifs is 2. The van der Waals surface area contributed by atoms with Crippen molar-refractivity contribution < 1.29 is 23.3 Å². The van der Waals surface area contributed by atoms with Gasteiger partial charge >= 0.3 is 7.12 Å². The van der Waals surface area contributed by atoms with Gasteiger partial charge < -0.3 is 24.1 Å². The zero-order valence-corrected chi connectivity index (χ0v) is 23.9. The van der Waals surface area contributed by atoms with Crippen molar-refractivity contribution in [3.63, 3.8) is 0 Å². The zero-order chi connectivity index (χ0) is 28.6. The van der Waals surface area contributed by atoms with Crippen molar-refractivity contribution in [2.75, 3.05) is 13.1 Å². The summed E-state index contributed by atoms with van der Waals surface area (Å²) in [6.07, 6.45) is 4.42. The minimum atomic E-state index is -0.759. The van der Waals surface area contributed by atoms with Crippen LogP contribution < -0.4 is 5.46 Å². The highest BCUT2D eigenvalue weighted by molar-refractivity contribution is 6.65. The lowest BCUT2D eigenvalue weighted by Crippen LogP contribution is -2.41. The Balaban J connectivity index is 1.43. The van der Waals surface area contributed by atoms with Crippen LogP contribution in [-0.4, -0.2) is 67.8 Å². The summed E-state index contributed by atoms with van der Waals surface area (Å²) >= 11 is 0. The summed E-state index contributed by atoms with van der Waals surface area (Å²) in [5.41, 5.74) is 3.12. The second-order valence-electron chi connectivity index (χ2n) is 11.9. The Morgan fingerprint density at radius 2 is 1.82 bits per heavy atom. The molecular weight excluding hydrogens is 512 g/mol. The van der Waals surface area contributed by atoms with Crippen LogP contribution in [0, 0.1) is 5.82 Å². The Hall–Kier alpha value is -3.44. The quantitative estimate of drug-likeness (QED) is 0.504. The summed E-state index contributed by atoms with van der Waals surface area (Å²) in [7, 11) is -0.759. The number of carbonyl (C=O) groups excluding carboxylic acids is 2. The first-order chi connectivity index (χ1) is 18.9. The van der Waals surface area contributed by atoms with Gasteiger partial charge in [-0.25, -0.2) is 4.39 Å². The Kier molecular flexibility index (Phi) is 6.23. The van der Waals surface area contributed by atoms with Crippen LogP contribution in [0.2, 0.25) is 0 Å². The molecule has 1 fully saturated rings. The van der Waals surface area contributed by atoms with E-state index < -0.39 is 24.1 Å². The Bertz CT molecular complexity index is 1560. The number of aromatic amines is 1. The smallest absolute Gasteiger partial charge is 0.399 e. The highest BCUT2D eigenvalue weighted by Crippen LogP contribution is 2.38. The second-order valence-corrected chi connectivity index (χ2v) is 11.9. The lowest BCUT2D eigenvalue weighted by Gasteiger charge is -2.32. The van der Waals surface area contributed by atoms with Crippen LogP contribution in [0.1, 0.15) is 75.3 Å². The van der Waals surface area contributed by atoms with Crippen molar-refractivity contribution in [3.05, 3.63) is 52.7 Å². The molecule has 40 heavy (non-hydrogen) atoms. The van der Waals surface area contributed by atoms with Crippen LogP contribution >= 0.6 is 0 Å². The van der Waals surface area contributed by atoms with Gasteiger partial charge in [0.2, 0.25) is 5.91 Å². The van der Waals surface area contributed by atoms with Crippen LogP contribution in [-0.2, 0) is 33.7 Å². The number of carbonyl (C=O) groups is 2. The maximum Gasteiger partial charge on any atom is 0.495 e. The number of aryl methyl sites for hydroxylation is 1. The fourth-order valence-electron chi connectivity index (χ4n) is 5.80. The maximum atomic E-state index is 16.3. The van der Waals surface area contributed by atoms with Gasteiger partial charge in [-0.2, -0.15) is 5.10 Å². The Labute approximate surface area is 233 Å². The van der Waals surface area contributed by atoms with Gasteiger partial charge in [-0.05, 0) is 58.1 Å². The van der Waals surface area contributed by atoms with E-state index in [1.165, 1.54) is 6.92 Å². The normalized spacial score (nSPS) is 19.9. The van der Waals surface area contributed by atoms with Gasteiger partial charge in [-0.3, -0.25) is 14.3 Å². The standard InChI is InChI=1S/C29H35BFN5O4/c1-7-36-24-16-35(15-19(24)13-32-36)27(38)23-12-21-22(30-39-28(3,4)29(5,6)40-30)11-20(25(31)26(21)33-23)18-9-8-10-34(14-18)17(2)37/h9,11-13,33H,7-8,10,14-16H2,1-6H3. The Morgan fingerprint density at radius 1 is 1.10 bits per heavy atom. The number of H-pyrrole nitrogens is 1. The fraction of sp³-hybridized carbons (Fsp3) is 0.483. The first kappa shape index (κ1) is 26.8. The minimum absolute atomic E-state index is 0.0520. The number of amides is 2. The molecule has 1 N–H and O–H groups in total. The molecular formula is C29H35BFN5O4. The van der Waals surface area contributed by atoms with E-state index in [2.05, 4.69) is 10.1 Å². The minimum Gasteiger partial charge on any atom is -0.399 e. The summed E-state index contributed by atoms with van der Waals surface area (Å²) in [5, 5.41) is 4.92. The average molecular weight is 547 g/mol. The monoisotopic (exact) mass is 547 g/mol. The number of benzene rings is 1. The third-order valence-electron chi connectivity index (χ3n) is 8.89. The molecule has 0 unspecified atom stereocenters. The number of hydrogen-bond donors (Lipinski definition) is 1. The third-order valence-corrected chi connectivity index (χ3v) is 8.89. The van der Waals surface area contributed by atoms with Crippen LogP contribution in [0.3, 0.4) is 0 Å². The fourth-order valence-corrected chi connectivity index (χ4v) is 5.80. The molecule has 3 aliphatic rings. The molecule has 0 radical (unpaired) electrons. The summed E-state index contributed by atoms with van der Waals surface area (Å²) in [6, 6.07) is 3.47. The molecule has 9 nitrogen and oxygen atoms in total. The zero-order valence-electron chi connectivity index (χ0n) is 23.9. The van der Waals surface area contributed by atoms with Gasteiger partial charge in [0.15, 0.2) is 5.82 Å². The highest BCUT2D eigenvalue weighted by atomic mass is 19.1. The molecule has 11 heteroatoms. The molecule has 0 saturated carbocycles. The number of nitrogens with zero attached hydrogens (tertiary/aromatic N) is 4. The number of rotatable bonds is 4. The van der Waals surface area contributed by atoms with Gasteiger partial charge in [0, 0.05) is 49.6 Å². The van der Waals surface area contributed by atoms with E-state index in [1.807, 2.05) is 51.6 Å². The molecule has 3 aliphatic heterocycles. The molecule has 0 spiro atoms. The van der Waals surface area contributed by atoms with E-state index in [-0.39, 0.29) is 17.3 Å². The average Bonchev–Trinajstić information content (AvgIpc) is 3.66. The van der Waals surface area contributed by atoms with E-state index in [9.17, 15) is 9.59 Å². The molecule has 0 atom stereocenters. The molecule has 0 aliphatic carbocycles. The third kappa shape index (κ3) is 4.18. The molecule has 210 valence electrons. The van der Waals surface area contributed by atoms with Crippen molar-refractivity contribution >= 4 is 40.9 Å². The summed E-state index contributed by atoms with van der Waals surface area (Å²) < 4.78 is 30.9. The number of hydrogen-bond acceptors (Lipinski definition) is 5. The highest BCUT2D eigenvalue weighted by Gasteiger charge is 2.52. The van der Waals surface area contributed by atoms with E-state index in [1.54, 1.807) is 21.9 Å². The largest absolute Gasteiger partial charge is 0.495 e. The van der Waals surface area contributed by atoms with E-state index in [0.29, 0.717) is 54.7 Å². The lowest BCUT2D eigenvalue weighted by atomic mass is 9.75. The molecule has 6 rings (SSSR count). The van der Waals surface area contributed by atoms with Gasteiger partial charge in [0.25, 0.3) is 5.91 Å². The van der Waals surface area contributed by atoms with Crippen LogP contribution in [0.5, 0.6) is 0 Å². The van der Waals surface area contributed by atoms with Crippen molar-refractivity contribution in [1.29, 1.82) is 0 Å². The van der Waals surface area contributed by atoms with Crippen LogP contribution in [0.4, 0.5) is 4.39 Å². The van der Waals surface area contributed by atoms with Crippen molar-refractivity contribution in [2.24, 2.45) is 0 Å². The molecule has 2 amide bonds. The summed E-state index contributed by atoms with van der Waals surface area (Å²) in [5.74, 6) is -0.725. The van der Waals surface area contributed by atoms with E-state index in [0.717, 1.165) is 23.4 Å². The second kappa shape index (κ2) is 9.31. The van der Waals surface area contributed by atoms with Gasteiger partial charge in [-0.15, -0.1) is 0 Å². The molecule has 1 saturated heterocycles. The summed E-state index contributed by atoms with van der Waals surface area (Å²) in [6.45, 7) is 14.0. The van der Waals surface area contributed by atoms with E-state index >= 15 is 4.39 Å². The predicted octanol–water partition coefficient (Wildman–Crippen LogP) is 3.61. The van der Waals surface area contributed by atoms with Crippen molar-refractivity contribution in [2.45, 2.75) is 78.8 Å². The molecule has 0 bridgehead atoms. The number of halogens is 1. The van der Waals surface area contributed by atoms with Gasteiger partial charge in [0.05, 0.1) is 35.2 Å². The van der Waals surface area contributed by atoms with Gasteiger partial charge in [-0.1, -0.05) is 12.1 Å². The van der Waals surface area contributed by atoms with Crippen molar-refractivity contribution in [1.82, 2.24) is 24.6 Å². The molecule has 2 aromatic heterocycles. The Morgan fingerprint density at radius 3 is 2.50 bits per heavy atom. The SMILES string of the molecule is CCn1ncc2c1CN(C(=O)c1cc3c(B4OC(C)(C)C(C)(C)O4)cc(C4=CCCN(C(C)=O)C4)c(F)c3[nH]1)C2.